The van der Waals surface area contributed by atoms with Gasteiger partial charge in [-0.2, -0.15) is 0 Å². The molecule has 1 aliphatic rings. The minimum atomic E-state index is -1.07. The summed E-state index contributed by atoms with van der Waals surface area (Å²) in [7, 11) is 0. The Morgan fingerprint density at radius 2 is 1.34 bits per heavy atom. The molecule has 0 spiro atoms. The monoisotopic (exact) mass is 428 g/mol. The molecule has 3 aromatic carbocycles. The molecule has 6 heteroatoms. The summed E-state index contributed by atoms with van der Waals surface area (Å²) in [5.74, 6) is -2.26. The van der Waals surface area contributed by atoms with Crippen molar-refractivity contribution in [2.24, 2.45) is 0 Å². The van der Waals surface area contributed by atoms with Crippen LogP contribution in [0.5, 0.6) is 0 Å². The second-order valence-electron chi connectivity index (χ2n) is 7.24. The molecule has 0 heterocycles. The van der Waals surface area contributed by atoms with E-state index in [0.29, 0.717) is 27.8 Å². The molecule has 160 valence electrons. The van der Waals surface area contributed by atoms with Gasteiger partial charge < -0.3 is 10.2 Å². The summed E-state index contributed by atoms with van der Waals surface area (Å²) < 4.78 is 0. The topological polar surface area (TPSA) is 109 Å². The van der Waals surface area contributed by atoms with Gasteiger partial charge in [0.1, 0.15) is 0 Å². The van der Waals surface area contributed by atoms with Crippen molar-refractivity contribution in [1.29, 1.82) is 0 Å². The van der Waals surface area contributed by atoms with Crippen LogP contribution in [0.1, 0.15) is 48.5 Å². The maximum Gasteiger partial charge on any atom is 0.328 e. The van der Waals surface area contributed by atoms with Gasteiger partial charge in [0.25, 0.3) is 0 Å². The van der Waals surface area contributed by atoms with Gasteiger partial charge in [-0.25, -0.2) is 4.79 Å². The Balaban J connectivity index is 0.000000222. The lowest BCUT2D eigenvalue weighted by molar-refractivity contribution is -0.136. The average Bonchev–Trinajstić information content (AvgIpc) is 2.77. The molecule has 0 radical (unpaired) electrons. The Kier molecular flexibility index (Phi) is 6.75. The highest BCUT2D eigenvalue weighted by Gasteiger charge is 2.29. The van der Waals surface area contributed by atoms with Crippen molar-refractivity contribution in [3.63, 3.8) is 0 Å². The smallest absolute Gasteiger partial charge is 0.328 e. The van der Waals surface area contributed by atoms with E-state index in [1.807, 2.05) is 31.2 Å². The Labute approximate surface area is 184 Å². The Morgan fingerprint density at radius 3 is 1.91 bits per heavy atom. The van der Waals surface area contributed by atoms with Crippen molar-refractivity contribution in [2.75, 3.05) is 0 Å². The predicted molar refractivity (Wildman–Crippen MR) is 119 cm³/mol. The van der Waals surface area contributed by atoms with Crippen molar-refractivity contribution in [3.05, 3.63) is 112 Å². The Morgan fingerprint density at radius 1 is 0.781 bits per heavy atom. The van der Waals surface area contributed by atoms with Crippen molar-refractivity contribution < 1.29 is 29.4 Å². The molecule has 0 fully saturated rings. The summed E-state index contributed by atoms with van der Waals surface area (Å²) in [6, 6.07) is 18.9. The zero-order chi connectivity index (χ0) is 23.3. The first-order chi connectivity index (χ1) is 15.3. The number of carboxylic acid groups (broad SMARTS) is 2. The maximum atomic E-state index is 12.5. The van der Waals surface area contributed by atoms with E-state index in [-0.39, 0.29) is 18.0 Å². The molecule has 0 saturated carbocycles. The summed E-state index contributed by atoms with van der Waals surface area (Å²) in [4.78, 5) is 45.6. The number of carboxylic acids is 2. The van der Waals surface area contributed by atoms with E-state index in [1.54, 1.807) is 42.5 Å². The van der Waals surface area contributed by atoms with Crippen LogP contribution in [0, 0.1) is 6.92 Å². The van der Waals surface area contributed by atoms with Gasteiger partial charge in [0.05, 0.1) is 6.42 Å². The van der Waals surface area contributed by atoms with Crippen molar-refractivity contribution in [1.82, 2.24) is 0 Å². The van der Waals surface area contributed by atoms with Gasteiger partial charge in [0.2, 0.25) is 0 Å². The van der Waals surface area contributed by atoms with Crippen molar-refractivity contribution in [2.45, 2.75) is 13.3 Å². The SMILES string of the molecule is Cc1ccc(CC(=O)O)cc1.O=C(O)C=Cc1ccc2c(c1)C(=O)c1ccccc1C2=O. The van der Waals surface area contributed by atoms with E-state index in [2.05, 4.69) is 0 Å². The van der Waals surface area contributed by atoms with Gasteiger partial charge in [0.15, 0.2) is 11.6 Å². The molecule has 4 rings (SSSR count). The second-order valence-corrected chi connectivity index (χ2v) is 7.24. The number of hydrogen-bond acceptors (Lipinski definition) is 4. The summed E-state index contributed by atoms with van der Waals surface area (Å²) in [6.45, 7) is 1.98. The zero-order valence-corrected chi connectivity index (χ0v) is 17.2. The Hall–Kier alpha value is -4.32. The quantitative estimate of drug-likeness (QED) is 0.472. The van der Waals surface area contributed by atoms with Crippen LogP contribution in [0.25, 0.3) is 6.08 Å². The van der Waals surface area contributed by atoms with Crippen molar-refractivity contribution in [3.8, 4) is 0 Å². The highest BCUT2D eigenvalue weighted by Crippen LogP contribution is 2.28. The van der Waals surface area contributed by atoms with Crippen LogP contribution in [-0.4, -0.2) is 33.7 Å². The fraction of sp³-hybridized carbons (Fsp3) is 0.0769. The van der Waals surface area contributed by atoms with E-state index in [0.717, 1.165) is 17.2 Å². The standard InChI is InChI=1S/C17H10O4.C9H10O2/c18-15(19)8-6-10-5-7-13-14(9-10)17(21)12-4-2-1-3-11(12)16(13)20;1-7-2-4-8(5-3-7)6-9(10)11/h1-9H,(H,18,19);2-5H,6H2,1H3,(H,10,11). The summed E-state index contributed by atoms with van der Waals surface area (Å²) in [5, 5.41) is 17.1. The maximum absolute atomic E-state index is 12.5. The third-order valence-corrected chi connectivity index (χ3v) is 4.84. The lowest BCUT2D eigenvalue weighted by Crippen LogP contribution is -2.20. The molecular weight excluding hydrogens is 408 g/mol. The number of hydrogen-bond donors (Lipinski definition) is 2. The number of benzene rings is 3. The average molecular weight is 428 g/mol. The van der Waals surface area contributed by atoms with Gasteiger partial charge in [-0.3, -0.25) is 14.4 Å². The van der Waals surface area contributed by atoms with Gasteiger partial charge >= 0.3 is 11.9 Å². The molecular formula is C26H20O6. The number of aryl methyl sites for hydroxylation is 1. The molecule has 2 N–H and O–H groups in total. The fourth-order valence-electron chi connectivity index (χ4n) is 3.27. The van der Waals surface area contributed by atoms with Crippen LogP contribution in [0.3, 0.4) is 0 Å². The van der Waals surface area contributed by atoms with Gasteiger partial charge in [-0.05, 0) is 36.3 Å². The van der Waals surface area contributed by atoms with Crippen LogP contribution in [0.15, 0.2) is 72.8 Å². The number of ketones is 2. The summed E-state index contributed by atoms with van der Waals surface area (Å²) in [5.41, 5.74) is 4.02. The molecule has 1 aliphatic carbocycles. The predicted octanol–water partition coefficient (Wildman–Crippen LogP) is 4.18. The molecule has 3 aromatic rings. The third kappa shape index (κ3) is 5.23. The third-order valence-electron chi connectivity index (χ3n) is 4.84. The highest BCUT2D eigenvalue weighted by molar-refractivity contribution is 6.28. The molecule has 32 heavy (non-hydrogen) atoms. The van der Waals surface area contributed by atoms with Gasteiger partial charge in [-0.1, -0.05) is 60.2 Å². The molecule has 0 aromatic heterocycles. The minimum absolute atomic E-state index is 0.111. The van der Waals surface area contributed by atoms with Crippen LogP contribution in [0.4, 0.5) is 0 Å². The first kappa shape index (κ1) is 22.4. The van der Waals surface area contributed by atoms with E-state index < -0.39 is 11.9 Å². The molecule has 0 saturated heterocycles. The summed E-state index contributed by atoms with van der Waals surface area (Å²) >= 11 is 0. The fourth-order valence-corrected chi connectivity index (χ4v) is 3.27. The second kappa shape index (κ2) is 9.66. The van der Waals surface area contributed by atoms with Crippen LogP contribution >= 0.6 is 0 Å². The first-order valence-corrected chi connectivity index (χ1v) is 9.77. The number of rotatable bonds is 4. The molecule has 0 amide bonds. The van der Waals surface area contributed by atoms with Gasteiger partial charge in [-0.15, -0.1) is 0 Å². The van der Waals surface area contributed by atoms with E-state index in [1.165, 1.54) is 6.08 Å². The number of fused-ring (bicyclic) bond motifs is 2. The minimum Gasteiger partial charge on any atom is -0.481 e. The highest BCUT2D eigenvalue weighted by atomic mass is 16.4. The number of carbonyl (C=O) groups excluding carboxylic acids is 2. The normalized spacial score (nSPS) is 11.9. The van der Waals surface area contributed by atoms with Crippen LogP contribution in [-0.2, 0) is 16.0 Å². The largest absolute Gasteiger partial charge is 0.481 e. The Bertz CT molecular complexity index is 1240. The molecule has 0 aliphatic heterocycles. The van der Waals surface area contributed by atoms with E-state index in [9.17, 15) is 19.2 Å². The molecule has 0 unspecified atom stereocenters. The first-order valence-electron chi connectivity index (χ1n) is 9.77. The van der Waals surface area contributed by atoms with Crippen molar-refractivity contribution >= 4 is 29.6 Å². The molecule has 0 bridgehead atoms. The zero-order valence-electron chi connectivity index (χ0n) is 17.2. The molecule has 6 nitrogen and oxygen atoms in total. The summed E-state index contributed by atoms with van der Waals surface area (Å²) in [6.07, 6.45) is 2.49. The number of aliphatic carboxylic acids is 2. The lowest BCUT2D eigenvalue weighted by atomic mass is 9.83. The van der Waals surface area contributed by atoms with E-state index >= 15 is 0 Å². The van der Waals surface area contributed by atoms with Crippen LogP contribution in [0.2, 0.25) is 0 Å². The number of carbonyl (C=O) groups is 4. The van der Waals surface area contributed by atoms with Crippen LogP contribution < -0.4 is 0 Å². The lowest BCUT2D eigenvalue weighted by Gasteiger charge is -2.17. The van der Waals surface area contributed by atoms with Gasteiger partial charge in [0, 0.05) is 28.3 Å². The van der Waals surface area contributed by atoms with E-state index in [4.69, 9.17) is 10.2 Å². The molecule has 0 atom stereocenters.